The van der Waals surface area contributed by atoms with Crippen molar-refractivity contribution < 1.29 is 17.9 Å². The van der Waals surface area contributed by atoms with Crippen molar-refractivity contribution in [2.75, 3.05) is 30.0 Å². The molecule has 0 bridgehead atoms. The van der Waals surface area contributed by atoms with Crippen molar-refractivity contribution in [2.45, 2.75) is 6.92 Å². The summed E-state index contributed by atoms with van der Waals surface area (Å²) in [6.07, 6.45) is 1.44. The summed E-state index contributed by atoms with van der Waals surface area (Å²) in [5.74, 6) is 1.71. The van der Waals surface area contributed by atoms with Crippen LogP contribution >= 0.6 is 0 Å². The van der Waals surface area contributed by atoms with E-state index in [4.69, 9.17) is 9.47 Å². The lowest BCUT2D eigenvalue weighted by Gasteiger charge is -2.13. The number of hydrogen-bond donors (Lipinski definition) is 2. The van der Waals surface area contributed by atoms with Crippen LogP contribution in [0.4, 0.5) is 17.2 Å². The molecule has 2 N–H and O–H groups in total. The van der Waals surface area contributed by atoms with Gasteiger partial charge in [-0.3, -0.25) is 4.72 Å². The van der Waals surface area contributed by atoms with Gasteiger partial charge in [-0.15, -0.1) is 0 Å². The van der Waals surface area contributed by atoms with Gasteiger partial charge < -0.3 is 14.8 Å². The number of aromatic nitrogens is 2. The quantitative estimate of drug-likeness (QED) is 0.641. The van der Waals surface area contributed by atoms with Gasteiger partial charge in [-0.25, -0.2) is 18.4 Å². The monoisotopic (exact) mass is 388 g/mol. The molecular weight excluding hydrogens is 368 g/mol. The zero-order chi connectivity index (χ0) is 19.4. The van der Waals surface area contributed by atoms with Gasteiger partial charge >= 0.3 is 0 Å². The lowest BCUT2D eigenvalue weighted by atomic mass is 10.2. The molecule has 3 aromatic rings. The molecule has 2 aromatic carbocycles. The number of fused-ring (bicyclic) bond motifs is 1. The normalized spacial score (nSPS) is 11.2. The van der Waals surface area contributed by atoms with E-state index < -0.39 is 10.0 Å². The molecule has 0 spiro atoms. The Labute approximate surface area is 157 Å². The maximum Gasteiger partial charge on any atom is 0.232 e. The number of methoxy groups -OCH3 is 2. The second kappa shape index (κ2) is 7.67. The Bertz CT molecular complexity index is 1070. The largest absolute Gasteiger partial charge is 0.493 e. The fourth-order valence-corrected chi connectivity index (χ4v) is 3.16. The van der Waals surface area contributed by atoms with Crippen molar-refractivity contribution in [1.29, 1.82) is 0 Å². The first-order valence-corrected chi connectivity index (χ1v) is 9.85. The van der Waals surface area contributed by atoms with E-state index in [9.17, 15) is 8.42 Å². The van der Waals surface area contributed by atoms with Crippen molar-refractivity contribution in [3.63, 3.8) is 0 Å². The van der Waals surface area contributed by atoms with Crippen LogP contribution in [0.25, 0.3) is 10.9 Å². The number of nitrogens with one attached hydrogen (secondary N) is 2. The Hall–Kier alpha value is -3.07. The number of hydrogen-bond acceptors (Lipinski definition) is 7. The number of sulfonamides is 1. The fraction of sp³-hybridized carbons (Fsp3) is 0.222. The highest BCUT2D eigenvalue weighted by Gasteiger charge is 2.12. The minimum absolute atomic E-state index is 0.00281. The molecule has 8 nitrogen and oxygen atoms in total. The molecule has 0 saturated carbocycles. The van der Waals surface area contributed by atoms with E-state index in [-0.39, 0.29) is 5.75 Å². The summed E-state index contributed by atoms with van der Waals surface area (Å²) in [6, 6.07) is 10.5. The first-order chi connectivity index (χ1) is 13.0. The zero-order valence-corrected chi connectivity index (χ0v) is 16.0. The summed E-state index contributed by atoms with van der Waals surface area (Å²) in [4.78, 5) is 8.56. The van der Waals surface area contributed by atoms with Crippen molar-refractivity contribution in [2.24, 2.45) is 0 Å². The van der Waals surface area contributed by atoms with Crippen LogP contribution in [0.2, 0.25) is 0 Å². The fourth-order valence-electron chi connectivity index (χ4n) is 2.53. The standard InChI is InChI=1S/C18H20N4O4S/c1-4-27(23,24)22-13-7-5-6-12(8-13)21-18-14-9-16(25-2)17(26-3)10-15(14)19-11-20-18/h5-11,22H,4H2,1-3H3,(H,19,20,21). The van der Waals surface area contributed by atoms with E-state index in [0.717, 1.165) is 5.39 Å². The highest BCUT2D eigenvalue weighted by molar-refractivity contribution is 7.92. The van der Waals surface area contributed by atoms with E-state index in [0.29, 0.717) is 34.2 Å². The van der Waals surface area contributed by atoms with Gasteiger partial charge in [0.25, 0.3) is 0 Å². The van der Waals surface area contributed by atoms with Crippen LogP contribution in [0.5, 0.6) is 11.5 Å². The minimum Gasteiger partial charge on any atom is -0.493 e. The van der Waals surface area contributed by atoms with Crippen LogP contribution in [0.15, 0.2) is 42.7 Å². The van der Waals surface area contributed by atoms with Crippen molar-refractivity contribution in [3.8, 4) is 11.5 Å². The van der Waals surface area contributed by atoms with Crippen LogP contribution < -0.4 is 19.5 Å². The average Bonchev–Trinajstić information content (AvgIpc) is 2.67. The van der Waals surface area contributed by atoms with Crippen LogP contribution in [-0.4, -0.2) is 38.4 Å². The highest BCUT2D eigenvalue weighted by atomic mass is 32.2. The van der Waals surface area contributed by atoms with Crippen molar-refractivity contribution in [3.05, 3.63) is 42.7 Å². The number of nitrogens with zero attached hydrogens (tertiary/aromatic N) is 2. The lowest BCUT2D eigenvalue weighted by molar-refractivity contribution is 0.356. The molecule has 0 amide bonds. The van der Waals surface area contributed by atoms with Gasteiger partial charge in [0.2, 0.25) is 10.0 Å². The predicted molar refractivity (Wildman–Crippen MR) is 105 cm³/mol. The Morgan fingerprint density at radius 3 is 2.41 bits per heavy atom. The van der Waals surface area contributed by atoms with Crippen LogP contribution in [0, 0.1) is 0 Å². The summed E-state index contributed by atoms with van der Waals surface area (Å²) < 4.78 is 36.7. The molecule has 0 saturated heterocycles. The third-order valence-electron chi connectivity index (χ3n) is 3.92. The van der Waals surface area contributed by atoms with Crippen LogP contribution in [0.3, 0.4) is 0 Å². The molecule has 142 valence electrons. The van der Waals surface area contributed by atoms with Crippen LogP contribution in [0.1, 0.15) is 6.92 Å². The Kier molecular flexibility index (Phi) is 5.31. The Morgan fingerprint density at radius 1 is 1.00 bits per heavy atom. The van der Waals surface area contributed by atoms with E-state index in [1.54, 1.807) is 51.5 Å². The van der Waals surface area contributed by atoms with Gasteiger partial charge in [0.15, 0.2) is 11.5 Å². The predicted octanol–water partition coefficient (Wildman–Crippen LogP) is 3.15. The number of ether oxygens (including phenoxy) is 2. The van der Waals surface area contributed by atoms with Crippen molar-refractivity contribution in [1.82, 2.24) is 9.97 Å². The Balaban J connectivity index is 1.97. The maximum absolute atomic E-state index is 11.8. The van der Waals surface area contributed by atoms with Crippen LogP contribution in [-0.2, 0) is 10.0 Å². The van der Waals surface area contributed by atoms with Gasteiger partial charge in [0.05, 0.1) is 31.2 Å². The molecule has 0 radical (unpaired) electrons. The van der Waals surface area contributed by atoms with Crippen molar-refractivity contribution >= 4 is 38.1 Å². The summed E-state index contributed by atoms with van der Waals surface area (Å²) in [5, 5.41) is 3.94. The molecule has 0 fully saturated rings. The van der Waals surface area contributed by atoms with Gasteiger partial charge in [0, 0.05) is 17.1 Å². The van der Waals surface area contributed by atoms with E-state index in [1.807, 2.05) is 6.07 Å². The third kappa shape index (κ3) is 4.20. The Morgan fingerprint density at radius 2 is 1.70 bits per heavy atom. The number of rotatable bonds is 7. The first kappa shape index (κ1) is 18.7. The molecule has 9 heteroatoms. The van der Waals surface area contributed by atoms with E-state index >= 15 is 0 Å². The minimum atomic E-state index is -3.35. The molecule has 3 rings (SSSR count). The molecule has 1 heterocycles. The second-order valence-electron chi connectivity index (χ2n) is 5.66. The smallest absolute Gasteiger partial charge is 0.232 e. The molecular formula is C18H20N4O4S. The SMILES string of the molecule is CCS(=O)(=O)Nc1cccc(Nc2ncnc3cc(OC)c(OC)cc23)c1. The first-order valence-electron chi connectivity index (χ1n) is 8.20. The molecule has 0 aliphatic heterocycles. The summed E-state index contributed by atoms with van der Waals surface area (Å²) in [6.45, 7) is 1.58. The topological polar surface area (TPSA) is 102 Å². The maximum atomic E-state index is 11.8. The number of benzene rings is 2. The summed E-state index contributed by atoms with van der Waals surface area (Å²) in [7, 11) is -0.226. The van der Waals surface area contributed by atoms with E-state index in [1.165, 1.54) is 6.33 Å². The second-order valence-corrected chi connectivity index (χ2v) is 7.67. The average molecular weight is 388 g/mol. The summed E-state index contributed by atoms with van der Waals surface area (Å²) in [5.41, 5.74) is 1.84. The van der Waals surface area contributed by atoms with Gasteiger partial charge in [-0.2, -0.15) is 0 Å². The molecule has 0 aliphatic carbocycles. The number of anilines is 3. The van der Waals surface area contributed by atoms with E-state index in [2.05, 4.69) is 20.0 Å². The molecule has 0 aliphatic rings. The highest BCUT2D eigenvalue weighted by Crippen LogP contribution is 2.34. The summed E-state index contributed by atoms with van der Waals surface area (Å²) >= 11 is 0. The van der Waals surface area contributed by atoms with Gasteiger partial charge in [-0.05, 0) is 31.2 Å². The molecule has 27 heavy (non-hydrogen) atoms. The van der Waals surface area contributed by atoms with Gasteiger partial charge in [0.1, 0.15) is 12.1 Å². The molecule has 0 unspecified atom stereocenters. The lowest BCUT2D eigenvalue weighted by Crippen LogP contribution is -2.14. The molecule has 1 aromatic heterocycles. The molecule has 0 atom stereocenters. The zero-order valence-electron chi connectivity index (χ0n) is 15.2. The third-order valence-corrected chi connectivity index (χ3v) is 5.23. The van der Waals surface area contributed by atoms with Gasteiger partial charge in [-0.1, -0.05) is 6.07 Å².